The molecule has 0 saturated carbocycles. The van der Waals surface area contributed by atoms with Crippen molar-refractivity contribution in [2.45, 2.75) is 37.9 Å². The number of anilines is 2. The van der Waals surface area contributed by atoms with Crippen LogP contribution in [0.25, 0.3) is 11.0 Å². The highest BCUT2D eigenvalue weighted by Crippen LogP contribution is 2.34. The van der Waals surface area contributed by atoms with Gasteiger partial charge in [0.2, 0.25) is 0 Å². The van der Waals surface area contributed by atoms with E-state index < -0.39 is 17.8 Å². The second-order valence-corrected chi connectivity index (χ2v) is 8.20. The molecule has 3 aromatic rings. The van der Waals surface area contributed by atoms with Crippen molar-refractivity contribution in [2.75, 3.05) is 24.1 Å². The van der Waals surface area contributed by atoms with Crippen LogP contribution in [-0.2, 0) is 13.2 Å². The van der Waals surface area contributed by atoms with Crippen molar-refractivity contribution in [3.05, 3.63) is 57.6 Å². The number of nitrogens with two attached hydrogens (primary N) is 1. The number of nitrogen functional groups attached to an aromatic ring is 1. The van der Waals surface area contributed by atoms with Gasteiger partial charge in [-0.25, -0.2) is 9.97 Å². The Balaban J connectivity index is 1.74. The summed E-state index contributed by atoms with van der Waals surface area (Å²) in [5, 5.41) is 7.13. The molecular weight excluding hydrogens is 421 g/mol. The van der Waals surface area contributed by atoms with Crippen LogP contribution < -0.4 is 21.9 Å². The molecule has 2 aromatic heterocycles. The number of nitrogens with one attached hydrogen (secondary N) is 2. The van der Waals surface area contributed by atoms with Crippen LogP contribution >= 0.6 is 0 Å². The van der Waals surface area contributed by atoms with Gasteiger partial charge in [-0.3, -0.25) is 9.36 Å². The number of halogens is 3. The van der Waals surface area contributed by atoms with E-state index in [1.165, 1.54) is 17.0 Å². The van der Waals surface area contributed by atoms with Gasteiger partial charge in [0.1, 0.15) is 17.8 Å². The largest absolute Gasteiger partial charge is 0.416 e. The van der Waals surface area contributed by atoms with Crippen molar-refractivity contribution >= 4 is 22.5 Å². The van der Waals surface area contributed by atoms with Crippen molar-refractivity contribution < 1.29 is 13.2 Å². The number of hydrogen-bond donors (Lipinski definition) is 3. The van der Waals surface area contributed by atoms with E-state index in [9.17, 15) is 18.0 Å². The molecule has 0 unspecified atom stereocenters. The molecule has 7 nitrogen and oxygen atoms in total. The zero-order chi connectivity index (χ0) is 23.0. The fourth-order valence-corrected chi connectivity index (χ4v) is 4.21. The lowest BCUT2D eigenvalue weighted by Crippen LogP contribution is -2.31. The van der Waals surface area contributed by atoms with Gasteiger partial charge in [0.15, 0.2) is 0 Å². The normalized spacial score (nSPS) is 16.3. The van der Waals surface area contributed by atoms with Crippen LogP contribution in [0.3, 0.4) is 0 Å². The Morgan fingerprint density at radius 2 is 1.91 bits per heavy atom. The molecule has 0 aliphatic carbocycles. The molecule has 1 aliphatic heterocycles. The van der Waals surface area contributed by atoms with Gasteiger partial charge in [-0.05, 0) is 68.6 Å². The molecule has 0 spiro atoms. The smallest absolute Gasteiger partial charge is 0.399 e. The van der Waals surface area contributed by atoms with E-state index in [0.717, 1.165) is 38.1 Å². The highest BCUT2D eigenvalue weighted by molar-refractivity contribution is 5.87. The first-order valence-corrected chi connectivity index (χ1v) is 10.4. The molecule has 1 saturated heterocycles. The van der Waals surface area contributed by atoms with Gasteiger partial charge in [-0.15, -0.1) is 0 Å². The first-order valence-electron chi connectivity index (χ1n) is 10.4. The minimum Gasteiger partial charge on any atom is -0.399 e. The summed E-state index contributed by atoms with van der Waals surface area (Å²) in [5.41, 5.74) is 6.41. The standard InChI is InChI=1S/C22H25F3N6O/c1-12(14-7-15(22(23,24)25)9-16(26)8-14)30-19-18-10-17(13-3-5-27-6-4-13)21(32)31(2)20(18)29-11-28-19/h7-13,27H,3-6,26H2,1-2H3,(H,28,29,30)/t12-/m1/s1. The third kappa shape index (κ3) is 4.27. The second-order valence-electron chi connectivity index (χ2n) is 8.20. The van der Waals surface area contributed by atoms with Crippen molar-refractivity contribution in [1.29, 1.82) is 0 Å². The summed E-state index contributed by atoms with van der Waals surface area (Å²) >= 11 is 0. The highest BCUT2D eigenvalue weighted by atomic mass is 19.4. The number of alkyl halides is 3. The van der Waals surface area contributed by atoms with E-state index in [1.807, 2.05) is 6.07 Å². The molecule has 1 atom stereocenters. The summed E-state index contributed by atoms with van der Waals surface area (Å²) in [4.78, 5) is 21.5. The lowest BCUT2D eigenvalue weighted by molar-refractivity contribution is -0.137. The number of aromatic nitrogens is 3. The topological polar surface area (TPSA) is 97.9 Å². The summed E-state index contributed by atoms with van der Waals surface area (Å²) in [5.74, 6) is 0.581. The van der Waals surface area contributed by atoms with Crippen LogP contribution in [0.2, 0.25) is 0 Å². The maximum Gasteiger partial charge on any atom is 0.416 e. The molecule has 1 aliphatic rings. The molecule has 0 radical (unpaired) electrons. The predicted molar refractivity (Wildman–Crippen MR) is 118 cm³/mol. The fourth-order valence-electron chi connectivity index (χ4n) is 4.21. The molecule has 0 bridgehead atoms. The van der Waals surface area contributed by atoms with E-state index in [4.69, 9.17) is 5.73 Å². The number of rotatable bonds is 4. The number of benzene rings is 1. The van der Waals surface area contributed by atoms with Crippen LogP contribution in [0, 0.1) is 0 Å². The molecule has 4 rings (SSSR count). The van der Waals surface area contributed by atoms with E-state index >= 15 is 0 Å². The quantitative estimate of drug-likeness (QED) is 0.530. The Labute approximate surface area is 182 Å². The highest BCUT2D eigenvalue weighted by Gasteiger charge is 2.31. The average Bonchev–Trinajstić information content (AvgIpc) is 2.76. The number of nitrogens with zero attached hydrogens (tertiary/aromatic N) is 3. The summed E-state index contributed by atoms with van der Waals surface area (Å²) in [6, 6.07) is 4.80. The van der Waals surface area contributed by atoms with Gasteiger partial charge in [0.25, 0.3) is 5.56 Å². The van der Waals surface area contributed by atoms with E-state index in [1.54, 1.807) is 14.0 Å². The van der Waals surface area contributed by atoms with E-state index in [2.05, 4.69) is 20.6 Å². The SMILES string of the molecule is C[C@@H](Nc1ncnc2c1cc(C1CCNCC1)c(=O)n2C)c1cc(N)cc(C(F)(F)F)c1. The van der Waals surface area contributed by atoms with Crippen LogP contribution in [0.5, 0.6) is 0 Å². The van der Waals surface area contributed by atoms with E-state index in [-0.39, 0.29) is 17.2 Å². The monoisotopic (exact) mass is 446 g/mol. The maximum absolute atomic E-state index is 13.2. The Hall–Kier alpha value is -3.14. The van der Waals surface area contributed by atoms with Crippen molar-refractivity contribution in [3.8, 4) is 0 Å². The molecule has 1 aromatic carbocycles. The van der Waals surface area contributed by atoms with Gasteiger partial charge >= 0.3 is 6.18 Å². The molecule has 3 heterocycles. The number of aryl methyl sites for hydroxylation is 1. The fraction of sp³-hybridized carbons (Fsp3) is 0.409. The predicted octanol–water partition coefficient (Wildman–Crippen LogP) is 3.57. The first-order chi connectivity index (χ1) is 15.1. The molecule has 170 valence electrons. The Bertz CT molecular complexity index is 1200. The Morgan fingerprint density at radius 1 is 1.19 bits per heavy atom. The van der Waals surface area contributed by atoms with E-state index in [0.29, 0.717) is 28.0 Å². The van der Waals surface area contributed by atoms with Gasteiger partial charge in [0, 0.05) is 18.3 Å². The minimum absolute atomic E-state index is 0.0339. The van der Waals surface area contributed by atoms with Crippen molar-refractivity contribution in [3.63, 3.8) is 0 Å². The average molecular weight is 446 g/mol. The Kier molecular flexibility index (Phi) is 5.81. The Morgan fingerprint density at radius 3 is 2.59 bits per heavy atom. The first kappa shape index (κ1) is 22.1. The van der Waals surface area contributed by atoms with Gasteiger partial charge in [0.05, 0.1) is 17.0 Å². The minimum atomic E-state index is -4.49. The van der Waals surface area contributed by atoms with Crippen LogP contribution in [0.15, 0.2) is 35.4 Å². The number of hydrogen-bond acceptors (Lipinski definition) is 6. The zero-order valence-electron chi connectivity index (χ0n) is 17.8. The number of piperidine rings is 1. The van der Waals surface area contributed by atoms with Crippen molar-refractivity contribution in [2.24, 2.45) is 7.05 Å². The summed E-state index contributed by atoms with van der Waals surface area (Å²) < 4.78 is 41.2. The molecule has 4 N–H and O–H groups in total. The zero-order valence-corrected chi connectivity index (χ0v) is 17.8. The summed E-state index contributed by atoms with van der Waals surface area (Å²) in [7, 11) is 1.67. The molecule has 10 heteroatoms. The lowest BCUT2D eigenvalue weighted by atomic mass is 9.90. The molecule has 32 heavy (non-hydrogen) atoms. The molecular formula is C22H25F3N6O. The van der Waals surface area contributed by atoms with Gasteiger partial charge in [-0.2, -0.15) is 13.2 Å². The maximum atomic E-state index is 13.2. The summed E-state index contributed by atoms with van der Waals surface area (Å²) in [6.07, 6.45) is -1.44. The third-order valence-corrected chi connectivity index (χ3v) is 5.97. The van der Waals surface area contributed by atoms with Crippen LogP contribution in [-0.4, -0.2) is 27.6 Å². The molecule has 1 fully saturated rings. The van der Waals surface area contributed by atoms with Crippen LogP contribution in [0.1, 0.15) is 48.4 Å². The van der Waals surface area contributed by atoms with Crippen LogP contribution in [0.4, 0.5) is 24.7 Å². The lowest BCUT2D eigenvalue weighted by Gasteiger charge is -2.24. The summed E-state index contributed by atoms with van der Waals surface area (Å²) in [6.45, 7) is 3.42. The molecule has 0 amide bonds. The number of pyridine rings is 1. The second kappa shape index (κ2) is 8.42. The third-order valence-electron chi connectivity index (χ3n) is 5.97. The number of fused-ring (bicyclic) bond motifs is 1. The van der Waals surface area contributed by atoms with Gasteiger partial charge in [-0.1, -0.05) is 0 Å². The van der Waals surface area contributed by atoms with Gasteiger partial charge < -0.3 is 16.4 Å². The van der Waals surface area contributed by atoms with Crippen molar-refractivity contribution in [1.82, 2.24) is 19.9 Å².